The van der Waals surface area contributed by atoms with Crippen molar-refractivity contribution >= 4 is 11.9 Å². The first-order chi connectivity index (χ1) is 30.1. The molecule has 0 aromatic heterocycles. The van der Waals surface area contributed by atoms with Crippen molar-refractivity contribution in [2.75, 3.05) is 14.2 Å². The third kappa shape index (κ3) is 14.0. The van der Waals surface area contributed by atoms with Crippen LogP contribution in [0, 0.1) is 0 Å². The minimum atomic E-state index is -5.15. The molecule has 1 aliphatic heterocycles. The van der Waals surface area contributed by atoms with Crippen LogP contribution in [0.4, 0.5) is 26.3 Å². The van der Waals surface area contributed by atoms with Crippen LogP contribution in [0.3, 0.4) is 0 Å². The SMILES string of the molecule is CO[C@@](C(=O)O[C@@H](CC/C(C)=C/CC/C=C(\C)CC/C=C(\C)CC[C@@H](OC(=O)[C@](OC)(c1ccccc1)C(F)(F)F)C(C)(C)O)[C@@]1(C)CC[C@H](C(C)(C)O)O1)(c1ccccc1)C(F)(F)F. The maximum Gasteiger partial charge on any atom is 0.432 e. The third-order valence-corrected chi connectivity index (χ3v) is 12.2. The number of methoxy groups -OCH3 is 2. The highest BCUT2D eigenvalue weighted by atomic mass is 19.4. The minimum Gasteiger partial charge on any atom is -0.457 e. The summed E-state index contributed by atoms with van der Waals surface area (Å²) in [5, 5.41) is 21.5. The maximum atomic E-state index is 14.8. The van der Waals surface area contributed by atoms with Crippen molar-refractivity contribution in [3.8, 4) is 0 Å². The molecule has 0 unspecified atom stereocenters. The highest BCUT2D eigenvalue weighted by Gasteiger charge is 2.66. The molecule has 0 aliphatic carbocycles. The van der Waals surface area contributed by atoms with E-state index in [1.165, 1.54) is 62.4 Å². The molecule has 1 saturated heterocycles. The van der Waals surface area contributed by atoms with E-state index in [0.717, 1.165) is 49.5 Å². The number of hydrogen-bond donors (Lipinski definition) is 2. The van der Waals surface area contributed by atoms with Crippen LogP contribution >= 0.6 is 0 Å². The quantitative estimate of drug-likeness (QED) is 0.0486. The summed E-state index contributed by atoms with van der Waals surface area (Å²) in [5.74, 6) is -3.27. The summed E-state index contributed by atoms with van der Waals surface area (Å²) in [4.78, 5) is 27.0. The second kappa shape index (κ2) is 22.6. The fourth-order valence-electron chi connectivity index (χ4n) is 8.07. The number of unbranched alkanes of at least 4 members (excludes halogenated alkanes) is 1. The van der Waals surface area contributed by atoms with Gasteiger partial charge in [-0.1, -0.05) is 95.6 Å². The Bertz CT molecular complexity index is 1930. The number of esters is 2. The monoisotopic (exact) mass is 926 g/mol. The van der Waals surface area contributed by atoms with Gasteiger partial charge >= 0.3 is 24.3 Å². The van der Waals surface area contributed by atoms with Gasteiger partial charge in [0.1, 0.15) is 17.8 Å². The molecule has 0 radical (unpaired) electrons. The van der Waals surface area contributed by atoms with Gasteiger partial charge in [0, 0.05) is 25.3 Å². The van der Waals surface area contributed by atoms with Crippen LogP contribution in [0.25, 0.3) is 0 Å². The first kappa shape index (κ1) is 55.3. The van der Waals surface area contributed by atoms with Crippen molar-refractivity contribution in [1.82, 2.24) is 0 Å². The Labute approximate surface area is 380 Å². The summed E-state index contributed by atoms with van der Waals surface area (Å²) < 4.78 is 115. The second-order valence-corrected chi connectivity index (χ2v) is 18.4. The highest BCUT2D eigenvalue weighted by Crippen LogP contribution is 2.47. The standard InChI is InChI=1S/C50H68F6O9/c1-34(22-19-23-36(3)28-30-39(44(4,5)59)63-42(57)47(61-9,49(51,52)53)37-24-13-11-14-25-37)20-17-18-21-35(2)29-31-41(46(8)33-32-40(65-46)45(6,7)60)64-43(58)48(62-10,50(54,55)56)38-26-15-12-16-27-38/h11-16,20-21,23-27,39-41,59-60H,17-19,22,28-33H2,1-10H3/b34-20+,35-21+,36-23+/t39-,40-,41+,46-,47-,48-/m1/s1. The van der Waals surface area contributed by atoms with Crippen LogP contribution < -0.4 is 0 Å². The van der Waals surface area contributed by atoms with Crippen LogP contribution in [-0.2, 0) is 44.5 Å². The molecule has 0 saturated carbocycles. The lowest BCUT2D eigenvalue weighted by Crippen LogP contribution is -2.55. The summed E-state index contributed by atoms with van der Waals surface area (Å²) >= 11 is 0. The van der Waals surface area contributed by atoms with E-state index in [0.29, 0.717) is 44.9 Å². The number of benzene rings is 2. The predicted octanol–water partition coefficient (Wildman–Crippen LogP) is 11.5. The highest BCUT2D eigenvalue weighted by molar-refractivity contribution is 5.83. The fourth-order valence-corrected chi connectivity index (χ4v) is 8.07. The first-order valence-corrected chi connectivity index (χ1v) is 22.0. The number of alkyl halides is 6. The fraction of sp³-hybridized carbons (Fsp3) is 0.600. The van der Waals surface area contributed by atoms with Crippen molar-refractivity contribution in [1.29, 1.82) is 0 Å². The van der Waals surface area contributed by atoms with Crippen LogP contribution in [-0.4, -0.2) is 83.8 Å². The molecule has 2 aromatic carbocycles. The van der Waals surface area contributed by atoms with Crippen molar-refractivity contribution in [3.05, 3.63) is 107 Å². The third-order valence-electron chi connectivity index (χ3n) is 12.2. The van der Waals surface area contributed by atoms with E-state index < -0.39 is 81.7 Å². The van der Waals surface area contributed by atoms with Gasteiger partial charge in [-0.3, -0.25) is 0 Å². The van der Waals surface area contributed by atoms with Gasteiger partial charge in [0.2, 0.25) is 0 Å². The summed E-state index contributed by atoms with van der Waals surface area (Å²) in [6.45, 7) is 13.4. The number of allylic oxidation sites excluding steroid dienone is 6. The van der Waals surface area contributed by atoms with Gasteiger partial charge in [0.25, 0.3) is 11.2 Å². The van der Waals surface area contributed by atoms with Crippen molar-refractivity contribution < 1.29 is 69.8 Å². The second-order valence-electron chi connectivity index (χ2n) is 18.4. The normalized spacial score (nSPS) is 21.0. The molecule has 0 amide bonds. The van der Waals surface area contributed by atoms with Crippen LogP contribution in [0.5, 0.6) is 0 Å². The molecule has 1 fully saturated rings. The first-order valence-electron chi connectivity index (χ1n) is 22.0. The number of carbonyl (C=O) groups excluding carboxylic acids is 2. The lowest BCUT2D eigenvalue weighted by atomic mass is 9.88. The van der Waals surface area contributed by atoms with Gasteiger partial charge in [-0.05, 0) is 120 Å². The molecule has 1 heterocycles. The van der Waals surface area contributed by atoms with Gasteiger partial charge in [0.15, 0.2) is 0 Å². The Kier molecular flexibility index (Phi) is 19.3. The molecule has 0 spiro atoms. The summed E-state index contributed by atoms with van der Waals surface area (Å²) in [5.41, 5.74) is -8.72. The molecule has 15 heteroatoms. The molecule has 0 bridgehead atoms. The van der Waals surface area contributed by atoms with E-state index in [2.05, 4.69) is 6.08 Å². The van der Waals surface area contributed by atoms with E-state index in [4.69, 9.17) is 23.7 Å². The van der Waals surface area contributed by atoms with Gasteiger partial charge in [-0.15, -0.1) is 0 Å². The maximum absolute atomic E-state index is 14.8. The summed E-state index contributed by atoms with van der Waals surface area (Å²) in [7, 11) is 1.61. The molecular weight excluding hydrogens is 859 g/mol. The van der Waals surface area contributed by atoms with Crippen LogP contribution in [0.1, 0.15) is 131 Å². The smallest absolute Gasteiger partial charge is 0.432 e. The van der Waals surface area contributed by atoms with E-state index in [-0.39, 0.29) is 12.8 Å². The van der Waals surface area contributed by atoms with Crippen molar-refractivity contribution in [2.24, 2.45) is 0 Å². The lowest BCUT2D eigenvalue weighted by molar-refractivity contribution is -0.282. The zero-order valence-electron chi connectivity index (χ0n) is 39.3. The summed E-state index contributed by atoms with van der Waals surface area (Å²) in [6, 6.07) is 13.1. The number of rotatable bonds is 23. The average molecular weight is 927 g/mol. The molecule has 2 N–H and O–H groups in total. The Morgan fingerprint density at radius 2 is 1.11 bits per heavy atom. The molecular formula is C50H68F6O9. The lowest BCUT2D eigenvalue weighted by Gasteiger charge is -2.39. The average Bonchev–Trinajstić information content (AvgIpc) is 3.63. The van der Waals surface area contributed by atoms with E-state index in [9.17, 15) is 46.1 Å². The van der Waals surface area contributed by atoms with Gasteiger partial charge in [-0.25, -0.2) is 9.59 Å². The predicted molar refractivity (Wildman–Crippen MR) is 235 cm³/mol. The van der Waals surface area contributed by atoms with E-state index in [1.807, 2.05) is 32.9 Å². The van der Waals surface area contributed by atoms with Gasteiger partial charge in [-0.2, -0.15) is 26.3 Å². The Balaban J connectivity index is 1.62. The number of ether oxygens (including phenoxy) is 5. The molecule has 6 atom stereocenters. The number of hydrogen-bond acceptors (Lipinski definition) is 9. The molecule has 65 heavy (non-hydrogen) atoms. The van der Waals surface area contributed by atoms with Gasteiger partial charge in [0.05, 0.1) is 17.3 Å². The topological polar surface area (TPSA) is 121 Å². The molecule has 1 aliphatic rings. The minimum absolute atomic E-state index is 0.0660. The Morgan fingerprint density at radius 3 is 1.51 bits per heavy atom. The van der Waals surface area contributed by atoms with Crippen molar-refractivity contribution in [3.63, 3.8) is 0 Å². The van der Waals surface area contributed by atoms with Crippen LogP contribution in [0.15, 0.2) is 95.6 Å². The van der Waals surface area contributed by atoms with E-state index in [1.54, 1.807) is 20.8 Å². The number of carbonyl (C=O) groups is 2. The number of aliphatic hydroxyl groups is 2. The summed E-state index contributed by atoms with van der Waals surface area (Å²) in [6.07, 6.45) is -2.68. The molecule has 364 valence electrons. The van der Waals surface area contributed by atoms with Gasteiger partial charge < -0.3 is 33.9 Å². The number of halogens is 6. The van der Waals surface area contributed by atoms with Crippen molar-refractivity contribution in [2.45, 2.75) is 178 Å². The van der Waals surface area contributed by atoms with E-state index >= 15 is 0 Å². The zero-order chi connectivity index (χ0) is 49.1. The largest absolute Gasteiger partial charge is 0.457 e. The Hall–Kier alpha value is -4.02. The molecule has 3 rings (SSSR count). The molecule has 9 nitrogen and oxygen atoms in total. The Morgan fingerprint density at radius 1 is 0.692 bits per heavy atom. The van der Waals surface area contributed by atoms with Crippen LogP contribution in [0.2, 0.25) is 0 Å². The zero-order valence-corrected chi connectivity index (χ0v) is 39.3. The molecule has 2 aromatic rings.